The third-order valence-corrected chi connectivity index (χ3v) is 2.34. The molecule has 0 N–H and O–H groups in total. The first kappa shape index (κ1) is 10.9. The van der Waals surface area contributed by atoms with E-state index in [1.807, 2.05) is 0 Å². The maximum atomic E-state index is 11.3. The lowest BCUT2D eigenvalue weighted by Gasteiger charge is -2.04. The van der Waals surface area contributed by atoms with Gasteiger partial charge in [-0.2, -0.15) is 0 Å². The Labute approximate surface area is 97.0 Å². The SMILES string of the molecule is CCOC(=O)Cn1c(Cl)nc2cccnc21. The van der Waals surface area contributed by atoms with Gasteiger partial charge >= 0.3 is 5.97 Å². The van der Waals surface area contributed by atoms with Crippen molar-refractivity contribution in [1.29, 1.82) is 0 Å². The molecule has 6 heteroatoms. The molecule has 16 heavy (non-hydrogen) atoms. The molecule has 0 aliphatic heterocycles. The van der Waals surface area contributed by atoms with Crippen LogP contribution in [0.5, 0.6) is 0 Å². The largest absolute Gasteiger partial charge is 0.465 e. The normalized spacial score (nSPS) is 10.6. The third kappa shape index (κ3) is 1.99. The highest BCUT2D eigenvalue weighted by molar-refractivity contribution is 6.29. The minimum absolute atomic E-state index is 0.0280. The number of hydrogen-bond acceptors (Lipinski definition) is 4. The summed E-state index contributed by atoms with van der Waals surface area (Å²) in [6.07, 6.45) is 1.63. The number of fused-ring (bicyclic) bond motifs is 1. The maximum absolute atomic E-state index is 11.3. The zero-order valence-corrected chi connectivity index (χ0v) is 9.44. The predicted molar refractivity (Wildman–Crippen MR) is 59.2 cm³/mol. The van der Waals surface area contributed by atoms with Gasteiger partial charge in [0.15, 0.2) is 5.65 Å². The van der Waals surface area contributed by atoms with Gasteiger partial charge in [-0.25, -0.2) is 9.97 Å². The average molecular weight is 240 g/mol. The molecule has 2 aromatic heterocycles. The Hall–Kier alpha value is -1.62. The van der Waals surface area contributed by atoms with Crippen molar-refractivity contribution in [3.05, 3.63) is 23.6 Å². The van der Waals surface area contributed by atoms with E-state index in [2.05, 4.69) is 9.97 Å². The molecule has 5 nitrogen and oxygen atoms in total. The van der Waals surface area contributed by atoms with Crippen molar-refractivity contribution in [3.63, 3.8) is 0 Å². The molecule has 0 fully saturated rings. The van der Waals surface area contributed by atoms with E-state index in [1.54, 1.807) is 25.3 Å². The van der Waals surface area contributed by atoms with Crippen LogP contribution in [0.15, 0.2) is 18.3 Å². The molecule has 0 aliphatic rings. The lowest BCUT2D eigenvalue weighted by atomic mass is 10.4. The third-order valence-electron chi connectivity index (χ3n) is 2.05. The first-order valence-electron chi connectivity index (χ1n) is 4.84. The molecular formula is C10H10ClN3O2. The Morgan fingerprint density at radius 1 is 1.62 bits per heavy atom. The predicted octanol–water partition coefficient (Wildman–Crippen LogP) is 1.65. The molecule has 2 rings (SSSR count). The van der Waals surface area contributed by atoms with Crippen molar-refractivity contribution >= 4 is 28.7 Å². The van der Waals surface area contributed by atoms with Gasteiger partial charge < -0.3 is 4.74 Å². The van der Waals surface area contributed by atoms with E-state index in [4.69, 9.17) is 16.3 Å². The van der Waals surface area contributed by atoms with E-state index in [-0.39, 0.29) is 17.8 Å². The molecule has 84 valence electrons. The van der Waals surface area contributed by atoms with Crippen LogP contribution in [0.4, 0.5) is 0 Å². The fraction of sp³-hybridized carbons (Fsp3) is 0.300. The van der Waals surface area contributed by atoms with Crippen molar-refractivity contribution in [1.82, 2.24) is 14.5 Å². The van der Waals surface area contributed by atoms with Crippen molar-refractivity contribution in [3.8, 4) is 0 Å². The smallest absolute Gasteiger partial charge is 0.326 e. The number of carbonyl (C=O) groups is 1. The Balaban J connectivity index is 2.36. The number of imidazole rings is 1. The minimum Gasteiger partial charge on any atom is -0.465 e. The zero-order chi connectivity index (χ0) is 11.5. The fourth-order valence-electron chi connectivity index (χ4n) is 1.41. The second kappa shape index (κ2) is 4.49. The number of esters is 1. The number of halogens is 1. The fourth-order valence-corrected chi connectivity index (χ4v) is 1.64. The molecule has 0 amide bonds. The van der Waals surface area contributed by atoms with E-state index in [0.29, 0.717) is 17.8 Å². The van der Waals surface area contributed by atoms with Gasteiger partial charge in [-0.15, -0.1) is 0 Å². The molecule has 0 atom stereocenters. The van der Waals surface area contributed by atoms with E-state index in [9.17, 15) is 4.79 Å². The molecular weight excluding hydrogens is 230 g/mol. The Morgan fingerprint density at radius 2 is 2.44 bits per heavy atom. The standard InChI is InChI=1S/C10H10ClN3O2/c1-2-16-8(15)6-14-9-7(13-10(14)11)4-3-5-12-9/h3-5H,2,6H2,1H3. The lowest BCUT2D eigenvalue weighted by Crippen LogP contribution is -2.13. The second-order valence-corrected chi connectivity index (χ2v) is 3.46. The van der Waals surface area contributed by atoms with E-state index in [0.717, 1.165) is 0 Å². The molecule has 0 aromatic carbocycles. The summed E-state index contributed by atoms with van der Waals surface area (Å²) < 4.78 is 6.37. The summed E-state index contributed by atoms with van der Waals surface area (Å²) in [5, 5.41) is 0.238. The summed E-state index contributed by atoms with van der Waals surface area (Å²) in [6, 6.07) is 3.55. The Kier molecular flexibility index (Phi) is 3.05. The van der Waals surface area contributed by atoms with Gasteiger partial charge in [-0.1, -0.05) is 0 Å². The number of aromatic nitrogens is 3. The topological polar surface area (TPSA) is 57.0 Å². The van der Waals surface area contributed by atoms with Crippen molar-refractivity contribution in [2.45, 2.75) is 13.5 Å². The van der Waals surface area contributed by atoms with E-state index in [1.165, 1.54) is 4.57 Å². The van der Waals surface area contributed by atoms with Crippen LogP contribution in [0.1, 0.15) is 6.92 Å². The van der Waals surface area contributed by atoms with Crippen LogP contribution in [0.2, 0.25) is 5.28 Å². The van der Waals surface area contributed by atoms with Crippen molar-refractivity contribution in [2.24, 2.45) is 0 Å². The highest BCUT2D eigenvalue weighted by atomic mass is 35.5. The zero-order valence-electron chi connectivity index (χ0n) is 8.68. The summed E-state index contributed by atoms with van der Waals surface area (Å²) >= 11 is 5.92. The van der Waals surface area contributed by atoms with Crippen molar-refractivity contribution in [2.75, 3.05) is 6.61 Å². The van der Waals surface area contributed by atoms with E-state index >= 15 is 0 Å². The second-order valence-electron chi connectivity index (χ2n) is 3.12. The quantitative estimate of drug-likeness (QED) is 0.765. The van der Waals surface area contributed by atoms with Crippen LogP contribution in [-0.4, -0.2) is 27.1 Å². The molecule has 0 unspecified atom stereocenters. The van der Waals surface area contributed by atoms with Crippen LogP contribution >= 0.6 is 11.6 Å². The summed E-state index contributed by atoms with van der Waals surface area (Å²) in [5.74, 6) is -0.352. The molecule has 2 aromatic rings. The van der Waals surface area contributed by atoms with Gasteiger partial charge in [0.1, 0.15) is 12.1 Å². The molecule has 0 radical (unpaired) electrons. The molecule has 0 saturated heterocycles. The van der Waals surface area contributed by atoms with E-state index < -0.39 is 0 Å². The highest BCUT2D eigenvalue weighted by Gasteiger charge is 2.13. The average Bonchev–Trinajstić information content (AvgIpc) is 2.56. The first-order valence-corrected chi connectivity index (χ1v) is 5.22. The number of carbonyl (C=O) groups excluding carboxylic acids is 1. The Morgan fingerprint density at radius 3 is 3.19 bits per heavy atom. The summed E-state index contributed by atoms with van der Waals surface area (Å²) in [7, 11) is 0. The summed E-state index contributed by atoms with van der Waals surface area (Å²) in [5.41, 5.74) is 1.25. The minimum atomic E-state index is -0.352. The number of nitrogens with zero attached hydrogens (tertiary/aromatic N) is 3. The molecule has 0 spiro atoms. The maximum Gasteiger partial charge on any atom is 0.326 e. The van der Waals surface area contributed by atoms with Gasteiger partial charge in [0.25, 0.3) is 0 Å². The van der Waals surface area contributed by atoms with Crippen molar-refractivity contribution < 1.29 is 9.53 Å². The number of rotatable bonds is 3. The van der Waals surface area contributed by atoms with Crippen LogP contribution < -0.4 is 0 Å². The summed E-state index contributed by atoms with van der Waals surface area (Å²) in [4.78, 5) is 19.6. The summed E-state index contributed by atoms with van der Waals surface area (Å²) in [6.45, 7) is 2.13. The number of ether oxygens (including phenoxy) is 1. The van der Waals surface area contributed by atoms with Gasteiger partial charge in [0.05, 0.1) is 6.61 Å². The van der Waals surface area contributed by atoms with Gasteiger partial charge in [0, 0.05) is 6.20 Å². The number of pyridine rings is 1. The van der Waals surface area contributed by atoms with Gasteiger partial charge in [-0.05, 0) is 30.7 Å². The molecule has 0 saturated carbocycles. The van der Waals surface area contributed by atoms with Gasteiger partial charge in [-0.3, -0.25) is 9.36 Å². The highest BCUT2D eigenvalue weighted by Crippen LogP contribution is 2.17. The van der Waals surface area contributed by atoms with Crippen LogP contribution in [0.25, 0.3) is 11.2 Å². The molecule has 2 heterocycles. The van der Waals surface area contributed by atoms with Crippen LogP contribution in [-0.2, 0) is 16.1 Å². The molecule has 0 aliphatic carbocycles. The van der Waals surface area contributed by atoms with Gasteiger partial charge in [0.2, 0.25) is 5.28 Å². The molecule has 0 bridgehead atoms. The monoisotopic (exact) mass is 239 g/mol. The lowest BCUT2D eigenvalue weighted by molar-refractivity contribution is -0.143. The first-order chi connectivity index (χ1) is 7.72. The van der Waals surface area contributed by atoms with Crippen LogP contribution in [0.3, 0.4) is 0 Å². The van der Waals surface area contributed by atoms with Crippen LogP contribution in [0, 0.1) is 0 Å². The Bertz CT molecular complexity index is 524. The number of hydrogen-bond donors (Lipinski definition) is 0.